The first-order valence-corrected chi connectivity index (χ1v) is 10.9. The number of hydrogen-bond donors (Lipinski definition) is 0. The van der Waals surface area contributed by atoms with E-state index in [9.17, 15) is 17.6 Å². The number of halogens is 1. The van der Waals surface area contributed by atoms with Gasteiger partial charge in [-0.15, -0.1) is 11.3 Å². The first kappa shape index (κ1) is 19.8. The third-order valence-corrected chi connectivity index (χ3v) is 7.71. The molecule has 1 aromatic heterocycles. The van der Waals surface area contributed by atoms with Crippen LogP contribution < -0.4 is 4.74 Å². The first-order chi connectivity index (χ1) is 12.9. The van der Waals surface area contributed by atoms with Crippen LogP contribution in [-0.4, -0.2) is 56.3 Å². The lowest BCUT2D eigenvalue weighted by Crippen LogP contribution is -2.47. The van der Waals surface area contributed by atoms with Gasteiger partial charge in [0.2, 0.25) is 5.91 Å². The van der Waals surface area contributed by atoms with Crippen molar-refractivity contribution >= 4 is 27.3 Å². The standard InChI is InChI=1S/C18H21FN2O4S2/c1-20(11-12-25-15-8-6-14(19)7-9-15)18(22)16-4-2-10-21(16)27(23,24)17-5-3-13-26-17/h3,5-9,13,16H,2,4,10-12H2,1H3. The largest absolute Gasteiger partial charge is 0.492 e. The Bertz CT molecular complexity index is 869. The van der Waals surface area contributed by atoms with Gasteiger partial charge in [0.25, 0.3) is 10.0 Å². The number of carbonyl (C=O) groups is 1. The number of carbonyl (C=O) groups excluding carboxylic acids is 1. The fourth-order valence-corrected chi connectivity index (χ4v) is 5.77. The second-order valence-corrected chi connectivity index (χ2v) is 9.33. The number of ether oxygens (including phenoxy) is 1. The fourth-order valence-electron chi connectivity index (χ4n) is 3.00. The molecule has 146 valence electrons. The highest BCUT2D eigenvalue weighted by atomic mass is 32.2. The lowest BCUT2D eigenvalue weighted by atomic mass is 10.2. The summed E-state index contributed by atoms with van der Waals surface area (Å²) >= 11 is 1.15. The van der Waals surface area contributed by atoms with Gasteiger partial charge < -0.3 is 9.64 Å². The van der Waals surface area contributed by atoms with E-state index in [-0.39, 0.29) is 22.5 Å². The number of hydrogen-bond acceptors (Lipinski definition) is 5. The van der Waals surface area contributed by atoms with E-state index in [0.717, 1.165) is 11.3 Å². The summed E-state index contributed by atoms with van der Waals surface area (Å²) in [7, 11) is -2.02. The molecule has 0 radical (unpaired) electrons. The molecule has 27 heavy (non-hydrogen) atoms. The maximum atomic E-state index is 12.9. The quantitative estimate of drug-likeness (QED) is 0.701. The second-order valence-electron chi connectivity index (χ2n) is 6.27. The van der Waals surface area contributed by atoms with Gasteiger partial charge in [-0.25, -0.2) is 12.8 Å². The molecule has 1 atom stereocenters. The van der Waals surface area contributed by atoms with E-state index in [4.69, 9.17) is 4.74 Å². The summed E-state index contributed by atoms with van der Waals surface area (Å²) in [4.78, 5) is 14.3. The molecule has 1 aliphatic heterocycles. The molecule has 2 aromatic rings. The molecule has 3 rings (SSSR count). The van der Waals surface area contributed by atoms with Crippen LogP contribution in [-0.2, 0) is 14.8 Å². The van der Waals surface area contributed by atoms with E-state index in [1.54, 1.807) is 24.6 Å². The highest BCUT2D eigenvalue weighted by molar-refractivity contribution is 7.91. The summed E-state index contributed by atoms with van der Waals surface area (Å²) in [5, 5.41) is 1.71. The Morgan fingerprint density at radius 3 is 2.74 bits per heavy atom. The second kappa shape index (κ2) is 8.37. The van der Waals surface area contributed by atoms with Crippen LogP contribution in [0.2, 0.25) is 0 Å². The number of amides is 1. The van der Waals surface area contributed by atoms with Gasteiger partial charge in [0.1, 0.15) is 28.4 Å². The maximum Gasteiger partial charge on any atom is 0.253 e. The van der Waals surface area contributed by atoms with Crippen molar-refractivity contribution in [1.82, 2.24) is 9.21 Å². The minimum atomic E-state index is -3.65. The van der Waals surface area contributed by atoms with Crippen molar-refractivity contribution in [2.75, 3.05) is 26.7 Å². The van der Waals surface area contributed by atoms with E-state index in [1.807, 2.05) is 0 Å². The summed E-state index contributed by atoms with van der Waals surface area (Å²) in [6.45, 7) is 0.883. The Kier molecular flexibility index (Phi) is 6.13. The minimum Gasteiger partial charge on any atom is -0.492 e. The molecule has 1 fully saturated rings. The molecule has 6 nitrogen and oxygen atoms in total. The zero-order valence-electron chi connectivity index (χ0n) is 14.9. The average Bonchev–Trinajstić information content (AvgIpc) is 3.35. The lowest BCUT2D eigenvalue weighted by Gasteiger charge is -2.27. The van der Waals surface area contributed by atoms with E-state index in [1.165, 1.54) is 33.5 Å². The molecule has 9 heteroatoms. The average molecular weight is 413 g/mol. The van der Waals surface area contributed by atoms with E-state index in [0.29, 0.717) is 31.7 Å². The highest BCUT2D eigenvalue weighted by Gasteiger charge is 2.40. The smallest absolute Gasteiger partial charge is 0.253 e. The predicted octanol–water partition coefficient (Wildman–Crippen LogP) is 2.58. The van der Waals surface area contributed by atoms with Crippen molar-refractivity contribution in [3.8, 4) is 5.75 Å². The number of thiophene rings is 1. The summed E-state index contributed by atoms with van der Waals surface area (Å²) in [5.41, 5.74) is 0. The molecular weight excluding hydrogens is 391 g/mol. The molecule has 1 amide bonds. The van der Waals surface area contributed by atoms with Gasteiger partial charge in [0.15, 0.2) is 0 Å². The minimum absolute atomic E-state index is 0.234. The van der Waals surface area contributed by atoms with Crippen LogP contribution in [0.1, 0.15) is 12.8 Å². The lowest BCUT2D eigenvalue weighted by molar-refractivity contribution is -0.133. The Balaban J connectivity index is 1.59. The maximum absolute atomic E-state index is 12.9. The van der Waals surface area contributed by atoms with E-state index < -0.39 is 16.1 Å². The third kappa shape index (κ3) is 4.48. The summed E-state index contributed by atoms with van der Waals surface area (Å²) in [6.07, 6.45) is 1.16. The number of likely N-dealkylation sites (N-methyl/N-ethyl adjacent to an activating group) is 1. The zero-order valence-corrected chi connectivity index (χ0v) is 16.5. The fraction of sp³-hybridized carbons (Fsp3) is 0.389. The molecule has 1 saturated heterocycles. The highest BCUT2D eigenvalue weighted by Crippen LogP contribution is 2.29. The molecule has 1 aromatic carbocycles. The zero-order chi connectivity index (χ0) is 19.4. The molecule has 2 heterocycles. The Morgan fingerprint density at radius 2 is 2.07 bits per heavy atom. The Morgan fingerprint density at radius 1 is 1.33 bits per heavy atom. The predicted molar refractivity (Wildman–Crippen MR) is 101 cm³/mol. The molecule has 0 N–H and O–H groups in total. The van der Waals surface area contributed by atoms with Crippen molar-refractivity contribution in [2.45, 2.75) is 23.1 Å². The number of sulfonamides is 1. The molecule has 0 saturated carbocycles. The van der Waals surface area contributed by atoms with Crippen LogP contribution in [0, 0.1) is 5.82 Å². The van der Waals surface area contributed by atoms with Crippen LogP contribution in [0.15, 0.2) is 46.0 Å². The van der Waals surface area contributed by atoms with Crippen molar-refractivity contribution in [1.29, 1.82) is 0 Å². The Hall–Kier alpha value is -1.97. The van der Waals surface area contributed by atoms with Crippen LogP contribution in [0.5, 0.6) is 5.75 Å². The van der Waals surface area contributed by atoms with Gasteiger partial charge in [0, 0.05) is 13.6 Å². The summed E-state index contributed by atoms with van der Waals surface area (Å²) < 4.78 is 45.5. The van der Waals surface area contributed by atoms with Crippen LogP contribution >= 0.6 is 11.3 Å². The van der Waals surface area contributed by atoms with Crippen LogP contribution in [0.25, 0.3) is 0 Å². The molecule has 1 aliphatic rings. The van der Waals surface area contributed by atoms with Crippen LogP contribution in [0.3, 0.4) is 0 Å². The SMILES string of the molecule is CN(CCOc1ccc(F)cc1)C(=O)C1CCCN1S(=O)(=O)c1cccs1. The van der Waals surface area contributed by atoms with Crippen LogP contribution in [0.4, 0.5) is 4.39 Å². The number of benzene rings is 1. The molecule has 0 bridgehead atoms. The first-order valence-electron chi connectivity index (χ1n) is 8.58. The third-order valence-electron chi connectivity index (χ3n) is 4.43. The van der Waals surface area contributed by atoms with Gasteiger partial charge in [-0.3, -0.25) is 4.79 Å². The Labute approximate surface area is 162 Å². The van der Waals surface area contributed by atoms with Crippen molar-refractivity contribution in [3.05, 3.63) is 47.6 Å². The molecule has 1 unspecified atom stereocenters. The van der Waals surface area contributed by atoms with Crippen molar-refractivity contribution in [3.63, 3.8) is 0 Å². The van der Waals surface area contributed by atoms with Crippen molar-refractivity contribution < 1.29 is 22.3 Å². The van der Waals surface area contributed by atoms with Gasteiger partial charge in [-0.05, 0) is 48.6 Å². The van der Waals surface area contributed by atoms with E-state index >= 15 is 0 Å². The van der Waals surface area contributed by atoms with Crippen molar-refractivity contribution in [2.24, 2.45) is 0 Å². The van der Waals surface area contributed by atoms with Gasteiger partial charge in [-0.2, -0.15) is 4.31 Å². The topological polar surface area (TPSA) is 66.9 Å². The van der Waals surface area contributed by atoms with E-state index in [2.05, 4.69) is 0 Å². The normalized spacial score (nSPS) is 17.8. The van der Waals surface area contributed by atoms with Gasteiger partial charge in [0.05, 0.1) is 6.54 Å². The summed E-state index contributed by atoms with van der Waals surface area (Å²) in [6, 6.07) is 8.19. The molecule has 0 spiro atoms. The monoisotopic (exact) mass is 412 g/mol. The molecule has 0 aliphatic carbocycles. The number of rotatable bonds is 7. The molecular formula is C18H21FN2O4S2. The van der Waals surface area contributed by atoms with Gasteiger partial charge >= 0.3 is 0 Å². The summed E-state index contributed by atoms with van der Waals surface area (Å²) in [5.74, 6) is -0.0710. The van der Waals surface area contributed by atoms with Gasteiger partial charge in [-0.1, -0.05) is 6.07 Å². The number of nitrogens with zero attached hydrogens (tertiary/aromatic N) is 2.